The van der Waals surface area contributed by atoms with Gasteiger partial charge in [0.1, 0.15) is 5.56 Å². The Morgan fingerprint density at radius 1 is 1.44 bits per heavy atom. The molecule has 6 heteroatoms. The van der Waals surface area contributed by atoms with Crippen molar-refractivity contribution in [3.8, 4) is 0 Å². The number of hydrogen-bond acceptors (Lipinski definition) is 3. The standard InChI is InChI=1S/C10H14N2O4/c1-2-3-4-5-12-6-7(9(14)15)8(13)11-10(12)16/h6H,2-5H2,1H3,(H,14,15)(H,11,13,16). The third-order valence-electron chi connectivity index (χ3n) is 2.24. The van der Waals surface area contributed by atoms with E-state index in [-0.39, 0.29) is 0 Å². The van der Waals surface area contributed by atoms with Gasteiger partial charge >= 0.3 is 11.7 Å². The van der Waals surface area contributed by atoms with Crippen LogP contribution in [0.4, 0.5) is 0 Å². The van der Waals surface area contributed by atoms with E-state index < -0.39 is 22.8 Å². The molecule has 0 aliphatic rings. The molecule has 0 fully saturated rings. The number of nitrogens with zero attached hydrogens (tertiary/aromatic N) is 1. The third-order valence-corrected chi connectivity index (χ3v) is 2.24. The quantitative estimate of drug-likeness (QED) is 0.712. The highest BCUT2D eigenvalue weighted by molar-refractivity contribution is 5.86. The van der Waals surface area contributed by atoms with Crippen molar-refractivity contribution in [2.75, 3.05) is 0 Å². The molecule has 0 aliphatic carbocycles. The number of carboxylic acid groups (broad SMARTS) is 1. The van der Waals surface area contributed by atoms with E-state index in [9.17, 15) is 14.4 Å². The molecular weight excluding hydrogens is 212 g/mol. The lowest BCUT2D eigenvalue weighted by Crippen LogP contribution is -2.33. The first kappa shape index (κ1) is 12.2. The molecule has 88 valence electrons. The van der Waals surface area contributed by atoms with Gasteiger partial charge in [-0.1, -0.05) is 19.8 Å². The van der Waals surface area contributed by atoms with Crippen molar-refractivity contribution in [1.82, 2.24) is 9.55 Å². The van der Waals surface area contributed by atoms with Gasteiger partial charge in [0.05, 0.1) is 0 Å². The SMILES string of the molecule is CCCCCn1cc(C(=O)O)c(=O)[nH]c1=O. The fourth-order valence-electron chi connectivity index (χ4n) is 1.36. The van der Waals surface area contributed by atoms with Gasteiger partial charge in [-0.05, 0) is 6.42 Å². The maximum Gasteiger partial charge on any atom is 0.342 e. The van der Waals surface area contributed by atoms with E-state index in [2.05, 4.69) is 0 Å². The summed E-state index contributed by atoms with van der Waals surface area (Å²) in [5, 5.41) is 8.72. The number of unbranched alkanes of at least 4 members (excludes halogenated alkanes) is 2. The van der Waals surface area contributed by atoms with Crippen LogP contribution in [0.25, 0.3) is 0 Å². The summed E-state index contributed by atoms with van der Waals surface area (Å²) in [4.78, 5) is 35.1. The summed E-state index contributed by atoms with van der Waals surface area (Å²) >= 11 is 0. The van der Waals surface area contributed by atoms with E-state index in [0.717, 1.165) is 25.5 Å². The van der Waals surface area contributed by atoms with E-state index in [1.807, 2.05) is 11.9 Å². The van der Waals surface area contributed by atoms with Crippen LogP contribution >= 0.6 is 0 Å². The molecule has 1 aromatic rings. The van der Waals surface area contributed by atoms with Crippen molar-refractivity contribution < 1.29 is 9.90 Å². The molecule has 0 saturated heterocycles. The van der Waals surface area contributed by atoms with Gasteiger partial charge in [0.2, 0.25) is 0 Å². The van der Waals surface area contributed by atoms with Crippen LogP contribution in [0.1, 0.15) is 36.5 Å². The molecule has 0 amide bonds. The number of carbonyl (C=O) groups is 1. The third kappa shape index (κ3) is 2.82. The smallest absolute Gasteiger partial charge is 0.342 e. The van der Waals surface area contributed by atoms with Gasteiger partial charge in [0.15, 0.2) is 0 Å². The number of aromatic amines is 1. The second-order valence-electron chi connectivity index (χ2n) is 3.51. The Balaban J connectivity index is 3.01. The van der Waals surface area contributed by atoms with Gasteiger partial charge in [-0.15, -0.1) is 0 Å². The predicted octanol–water partition coefficient (Wildman–Crippen LogP) is 0.425. The molecule has 1 rings (SSSR count). The molecule has 0 bridgehead atoms. The first-order chi connectivity index (χ1) is 7.56. The lowest BCUT2D eigenvalue weighted by molar-refractivity contribution is 0.0693. The number of hydrogen-bond donors (Lipinski definition) is 2. The van der Waals surface area contributed by atoms with Crippen molar-refractivity contribution in [1.29, 1.82) is 0 Å². The molecular formula is C10H14N2O4. The van der Waals surface area contributed by atoms with Crippen LogP contribution in [0.3, 0.4) is 0 Å². The normalized spacial score (nSPS) is 10.3. The minimum Gasteiger partial charge on any atom is -0.477 e. The van der Waals surface area contributed by atoms with Crippen LogP contribution in [0.2, 0.25) is 0 Å². The zero-order chi connectivity index (χ0) is 12.1. The minimum atomic E-state index is -1.33. The van der Waals surface area contributed by atoms with E-state index in [4.69, 9.17) is 5.11 Å². The van der Waals surface area contributed by atoms with Gasteiger partial charge in [0.25, 0.3) is 5.56 Å². The zero-order valence-corrected chi connectivity index (χ0v) is 9.02. The molecule has 1 heterocycles. The van der Waals surface area contributed by atoms with Crippen LogP contribution in [0, 0.1) is 0 Å². The van der Waals surface area contributed by atoms with Crippen molar-refractivity contribution in [3.05, 3.63) is 32.6 Å². The molecule has 6 nitrogen and oxygen atoms in total. The zero-order valence-electron chi connectivity index (χ0n) is 9.02. The Bertz CT molecular complexity index is 486. The molecule has 0 atom stereocenters. The Labute approximate surface area is 91.5 Å². The van der Waals surface area contributed by atoms with Gasteiger partial charge in [-0.3, -0.25) is 14.3 Å². The fourth-order valence-corrected chi connectivity index (χ4v) is 1.36. The summed E-state index contributed by atoms with van der Waals surface area (Å²) < 4.78 is 1.22. The summed E-state index contributed by atoms with van der Waals surface area (Å²) in [7, 11) is 0. The lowest BCUT2D eigenvalue weighted by Gasteiger charge is -2.04. The monoisotopic (exact) mass is 226 g/mol. The molecule has 16 heavy (non-hydrogen) atoms. The topological polar surface area (TPSA) is 92.2 Å². The van der Waals surface area contributed by atoms with E-state index >= 15 is 0 Å². The maximum atomic E-state index is 11.3. The first-order valence-electron chi connectivity index (χ1n) is 5.13. The van der Waals surface area contributed by atoms with Crippen LogP contribution in [-0.2, 0) is 6.54 Å². The van der Waals surface area contributed by atoms with Crippen molar-refractivity contribution >= 4 is 5.97 Å². The van der Waals surface area contributed by atoms with Gasteiger partial charge in [-0.25, -0.2) is 9.59 Å². The number of carboxylic acids is 1. The second-order valence-corrected chi connectivity index (χ2v) is 3.51. The van der Waals surface area contributed by atoms with E-state index in [1.165, 1.54) is 4.57 Å². The largest absolute Gasteiger partial charge is 0.477 e. The molecule has 0 spiro atoms. The molecule has 1 aromatic heterocycles. The highest BCUT2D eigenvalue weighted by Crippen LogP contribution is 1.96. The number of aromatic carboxylic acids is 1. The average molecular weight is 226 g/mol. The molecule has 0 unspecified atom stereocenters. The number of H-pyrrole nitrogens is 1. The average Bonchev–Trinajstić information content (AvgIpc) is 2.21. The maximum absolute atomic E-state index is 11.3. The Morgan fingerprint density at radius 2 is 2.12 bits per heavy atom. The minimum absolute atomic E-state index is 0.406. The summed E-state index contributed by atoms with van der Waals surface area (Å²) in [5.41, 5.74) is -1.83. The highest BCUT2D eigenvalue weighted by atomic mass is 16.4. The van der Waals surface area contributed by atoms with Gasteiger partial charge in [-0.2, -0.15) is 0 Å². The van der Waals surface area contributed by atoms with Crippen molar-refractivity contribution in [2.45, 2.75) is 32.7 Å². The van der Waals surface area contributed by atoms with E-state index in [0.29, 0.717) is 6.54 Å². The molecule has 0 saturated carbocycles. The van der Waals surface area contributed by atoms with Gasteiger partial charge in [0, 0.05) is 12.7 Å². The van der Waals surface area contributed by atoms with Crippen LogP contribution < -0.4 is 11.2 Å². The summed E-state index contributed by atoms with van der Waals surface area (Å²) in [6.07, 6.45) is 3.83. The Hall–Kier alpha value is -1.85. The number of nitrogens with one attached hydrogen (secondary N) is 1. The fraction of sp³-hybridized carbons (Fsp3) is 0.500. The Morgan fingerprint density at radius 3 is 2.69 bits per heavy atom. The molecule has 0 aromatic carbocycles. The number of rotatable bonds is 5. The lowest BCUT2D eigenvalue weighted by atomic mass is 10.2. The molecule has 0 radical (unpaired) electrons. The molecule has 0 aliphatic heterocycles. The van der Waals surface area contributed by atoms with Gasteiger partial charge < -0.3 is 5.11 Å². The van der Waals surface area contributed by atoms with E-state index in [1.54, 1.807) is 0 Å². The second kappa shape index (κ2) is 5.29. The Kier molecular flexibility index (Phi) is 4.04. The highest BCUT2D eigenvalue weighted by Gasteiger charge is 2.10. The summed E-state index contributed by atoms with van der Waals surface area (Å²) in [5.74, 6) is -1.33. The summed E-state index contributed by atoms with van der Waals surface area (Å²) in [6.45, 7) is 2.45. The number of aromatic nitrogens is 2. The van der Waals surface area contributed by atoms with Crippen molar-refractivity contribution in [3.63, 3.8) is 0 Å². The van der Waals surface area contributed by atoms with Crippen LogP contribution in [-0.4, -0.2) is 20.6 Å². The number of aryl methyl sites for hydroxylation is 1. The predicted molar refractivity (Wildman–Crippen MR) is 57.8 cm³/mol. The first-order valence-corrected chi connectivity index (χ1v) is 5.13. The molecule has 2 N–H and O–H groups in total. The van der Waals surface area contributed by atoms with Crippen molar-refractivity contribution in [2.24, 2.45) is 0 Å². The summed E-state index contributed by atoms with van der Waals surface area (Å²) in [6, 6.07) is 0. The van der Waals surface area contributed by atoms with Crippen LogP contribution in [0.15, 0.2) is 15.8 Å². The van der Waals surface area contributed by atoms with Crippen LogP contribution in [0.5, 0.6) is 0 Å².